The van der Waals surface area contributed by atoms with Gasteiger partial charge in [-0.15, -0.1) is 0 Å². The van der Waals surface area contributed by atoms with E-state index in [-0.39, 0.29) is 12.0 Å². The highest BCUT2D eigenvalue weighted by Crippen LogP contribution is 2.35. The molecular formula is C21H35FN2O. The number of hydrogen-bond acceptors (Lipinski definition) is 2. The average molecular weight is 351 g/mol. The summed E-state index contributed by atoms with van der Waals surface area (Å²) in [6.07, 6.45) is 3.61. The van der Waals surface area contributed by atoms with Gasteiger partial charge in [0.05, 0.1) is 12.0 Å². The summed E-state index contributed by atoms with van der Waals surface area (Å²) >= 11 is 0. The lowest BCUT2D eigenvalue weighted by Gasteiger charge is -2.32. The number of aryl methyl sites for hydroxylation is 2. The number of rotatable bonds is 8. The van der Waals surface area contributed by atoms with E-state index in [9.17, 15) is 0 Å². The normalized spacial score (nSPS) is 14.6. The van der Waals surface area contributed by atoms with E-state index in [1.807, 2.05) is 51.9 Å². The van der Waals surface area contributed by atoms with E-state index < -0.39 is 5.67 Å². The molecule has 0 aromatic heterocycles. The van der Waals surface area contributed by atoms with E-state index in [0.29, 0.717) is 12.8 Å². The Labute approximate surface area is 153 Å². The molecule has 0 spiro atoms. The molecule has 1 aromatic rings. The minimum Gasteiger partial charge on any atom is -0.490 e. The van der Waals surface area contributed by atoms with Crippen LogP contribution >= 0.6 is 0 Å². The maximum atomic E-state index is 15.3. The van der Waals surface area contributed by atoms with Gasteiger partial charge in [-0.3, -0.25) is 0 Å². The molecule has 1 unspecified atom stereocenters. The number of ether oxygens (including phenoxy) is 1. The summed E-state index contributed by atoms with van der Waals surface area (Å²) < 4.78 is 21.3. The van der Waals surface area contributed by atoms with Crippen LogP contribution in [-0.4, -0.2) is 37.6 Å². The Kier molecular flexibility index (Phi) is 7.45. The summed E-state index contributed by atoms with van der Waals surface area (Å²) in [4.78, 5) is 6.36. The standard InChI is InChI=1S/C21H35FN2O/c1-9-10-21(22,13-20(4,5)6)14-25-19-12-16(2)18(11-17(19)3)23-15-24(7)8/h11-12,15H,9-10,13-14H2,1-8H3. The van der Waals surface area contributed by atoms with E-state index in [4.69, 9.17) is 4.74 Å². The molecule has 0 saturated carbocycles. The molecule has 1 rings (SSSR count). The zero-order valence-electron chi connectivity index (χ0n) is 17.2. The van der Waals surface area contributed by atoms with Crippen molar-refractivity contribution in [2.45, 2.75) is 66.5 Å². The number of halogens is 1. The molecule has 0 amide bonds. The van der Waals surface area contributed by atoms with E-state index >= 15 is 4.39 Å². The molecule has 0 radical (unpaired) electrons. The van der Waals surface area contributed by atoms with Crippen LogP contribution in [0.15, 0.2) is 17.1 Å². The molecule has 0 aliphatic rings. The van der Waals surface area contributed by atoms with Gasteiger partial charge in [-0.2, -0.15) is 0 Å². The SMILES string of the molecule is CCCC(F)(COc1cc(C)c(N=CN(C)C)cc1C)CC(C)(C)C. The lowest BCUT2D eigenvalue weighted by atomic mass is 9.81. The van der Waals surface area contributed by atoms with E-state index in [0.717, 1.165) is 29.0 Å². The Bertz CT molecular complexity index is 590. The van der Waals surface area contributed by atoms with Crippen LogP contribution in [0.25, 0.3) is 0 Å². The van der Waals surface area contributed by atoms with Crippen molar-refractivity contribution >= 4 is 12.0 Å². The van der Waals surface area contributed by atoms with Crippen LogP contribution in [0, 0.1) is 19.3 Å². The summed E-state index contributed by atoms with van der Waals surface area (Å²) in [6.45, 7) is 12.3. The molecule has 0 aliphatic heterocycles. The number of benzene rings is 1. The second-order valence-corrected chi connectivity index (χ2v) is 8.54. The van der Waals surface area contributed by atoms with Gasteiger partial charge in [-0.05, 0) is 55.4 Å². The Balaban J connectivity index is 2.93. The Morgan fingerprint density at radius 1 is 1.16 bits per heavy atom. The van der Waals surface area contributed by atoms with Crippen LogP contribution in [0.2, 0.25) is 0 Å². The average Bonchev–Trinajstić information content (AvgIpc) is 2.44. The smallest absolute Gasteiger partial charge is 0.145 e. The molecule has 0 heterocycles. The van der Waals surface area contributed by atoms with Gasteiger partial charge in [0, 0.05) is 14.1 Å². The van der Waals surface area contributed by atoms with Crippen molar-refractivity contribution in [1.29, 1.82) is 0 Å². The van der Waals surface area contributed by atoms with Gasteiger partial charge >= 0.3 is 0 Å². The molecule has 0 aliphatic carbocycles. The highest BCUT2D eigenvalue weighted by atomic mass is 19.1. The summed E-state index contributed by atoms with van der Waals surface area (Å²) in [5.74, 6) is 0.744. The van der Waals surface area contributed by atoms with Crippen LogP contribution < -0.4 is 4.74 Å². The van der Waals surface area contributed by atoms with Crippen molar-refractivity contribution in [3.8, 4) is 5.75 Å². The van der Waals surface area contributed by atoms with Gasteiger partial charge in [0.2, 0.25) is 0 Å². The van der Waals surface area contributed by atoms with Crippen molar-refractivity contribution in [2.24, 2.45) is 10.4 Å². The predicted molar refractivity (Wildman–Crippen MR) is 106 cm³/mol. The molecule has 0 saturated heterocycles. The molecule has 1 aromatic carbocycles. The second kappa shape index (κ2) is 8.68. The Morgan fingerprint density at radius 3 is 2.32 bits per heavy atom. The Hall–Kier alpha value is -1.58. The predicted octanol–water partition coefficient (Wildman–Crippen LogP) is 5.85. The number of alkyl halides is 1. The summed E-state index contributed by atoms with van der Waals surface area (Å²) in [6, 6.07) is 3.95. The third-order valence-corrected chi connectivity index (χ3v) is 3.95. The van der Waals surface area contributed by atoms with Crippen LogP contribution in [0.4, 0.5) is 10.1 Å². The largest absolute Gasteiger partial charge is 0.490 e. The highest BCUT2D eigenvalue weighted by molar-refractivity contribution is 5.64. The Morgan fingerprint density at radius 2 is 1.80 bits per heavy atom. The topological polar surface area (TPSA) is 24.8 Å². The lowest BCUT2D eigenvalue weighted by molar-refractivity contribution is 0.0350. The summed E-state index contributed by atoms with van der Waals surface area (Å²) in [5, 5.41) is 0. The summed E-state index contributed by atoms with van der Waals surface area (Å²) in [5.41, 5.74) is 1.55. The van der Waals surface area contributed by atoms with Crippen molar-refractivity contribution in [1.82, 2.24) is 4.90 Å². The van der Waals surface area contributed by atoms with Gasteiger partial charge in [0.1, 0.15) is 18.0 Å². The van der Waals surface area contributed by atoms with Crippen LogP contribution in [0.3, 0.4) is 0 Å². The maximum absolute atomic E-state index is 15.3. The van der Waals surface area contributed by atoms with Crippen molar-refractivity contribution in [3.05, 3.63) is 23.3 Å². The quantitative estimate of drug-likeness (QED) is 0.434. The highest BCUT2D eigenvalue weighted by Gasteiger charge is 2.35. The van der Waals surface area contributed by atoms with E-state index in [1.165, 1.54) is 0 Å². The van der Waals surface area contributed by atoms with Gasteiger partial charge in [0.25, 0.3) is 0 Å². The molecule has 142 valence electrons. The number of hydrogen-bond donors (Lipinski definition) is 0. The van der Waals surface area contributed by atoms with Crippen molar-refractivity contribution in [2.75, 3.05) is 20.7 Å². The first-order valence-corrected chi connectivity index (χ1v) is 9.09. The van der Waals surface area contributed by atoms with Gasteiger partial charge in [0.15, 0.2) is 0 Å². The fourth-order valence-corrected chi connectivity index (χ4v) is 3.06. The zero-order chi connectivity index (χ0) is 19.3. The first-order valence-electron chi connectivity index (χ1n) is 9.09. The van der Waals surface area contributed by atoms with Crippen molar-refractivity contribution in [3.63, 3.8) is 0 Å². The fraction of sp³-hybridized carbons (Fsp3) is 0.667. The van der Waals surface area contributed by atoms with E-state index in [2.05, 4.69) is 25.8 Å². The van der Waals surface area contributed by atoms with Gasteiger partial charge in [-0.1, -0.05) is 34.1 Å². The lowest BCUT2D eigenvalue weighted by Crippen LogP contribution is -2.35. The third-order valence-electron chi connectivity index (χ3n) is 3.95. The minimum atomic E-state index is -1.30. The second-order valence-electron chi connectivity index (χ2n) is 8.54. The van der Waals surface area contributed by atoms with Gasteiger partial charge < -0.3 is 9.64 Å². The van der Waals surface area contributed by atoms with Gasteiger partial charge in [-0.25, -0.2) is 9.38 Å². The third kappa shape index (κ3) is 7.45. The molecule has 4 heteroatoms. The monoisotopic (exact) mass is 350 g/mol. The first kappa shape index (κ1) is 21.5. The maximum Gasteiger partial charge on any atom is 0.145 e. The molecule has 0 fully saturated rings. The zero-order valence-corrected chi connectivity index (χ0v) is 17.2. The van der Waals surface area contributed by atoms with Crippen LogP contribution in [-0.2, 0) is 0 Å². The number of nitrogens with zero attached hydrogens (tertiary/aromatic N) is 2. The summed E-state index contributed by atoms with van der Waals surface area (Å²) in [7, 11) is 3.87. The first-order chi connectivity index (χ1) is 11.5. The molecule has 3 nitrogen and oxygen atoms in total. The molecule has 0 N–H and O–H groups in total. The molecular weight excluding hydrogens is 315 g/mol. The molecule has 25 heavy (non-hydrogen) atoms. The van der Waals surface area contributed by atoms with Crippen molar-refractivity contribution < 1.29 is 9.13 Å². The van der Waals surface area contributed by atoms with Crippen LogP contribution in [0.1, 0.15) is 58.1 Å². The fourth-order valence-electron chi connectivity index (χ4n) is 3.06. The molecule has 0 bridgehead atoms. The minimum absolute atomic E-state index is 0.0665. The molecule has 1 atom stereocenters. The van der Waals surface area contributed by atoms with E-state index in [1.54, 1.807) is 6.34 Å². The van der Waals surface area contributed by atoms with Crippen LogP contribution in [0.5, 0.6) is 5.75 Å². The number of aliphatic imine (C=N–C) groups is 1.